The highest BCUT2D eigenvalue weighted by molar-refractivity contribution is 6.00. The average molecular weight is 236 g/mol. The largest absolute Gasteiger partial charge is 0.303 e. The summed E-state index contributed by atoms with van der Waals surface area (Å²) in [6, 6.07) is 5.65. The van der Waals surface area contributed by atoms with Crippen LogP contribution in [0.4, 0.5) is 4.39 Å². The van der Waals surface area contributed by atoms with Crippen LogP contribution in [0.25, 0.3) is 0 Å². The lowest BCUT2D eigenvalue weighted by Gasteiger charge is -2.36. The molecule has 0 spiro atoms. The Morgan fingerprint density at radius 1 is 1.24 bits per heavy atom. The molecule has 1 atom stereocenters. The molecule has 4 heteroatoms. The molecule has 1 heterocycles. The number of Topliss-reactive ketones (excluding diaryl/α,β-unsaturated/α-hetero) is 1. The number of likely N-dealkylation sites (N-methyl/N-ethyl adjacent to an activating group) is 2. The molecule has 92 valence electrons. The van der Waals surface area contributed by atoms with Crippen LogP contribution in [0.5, 0.6) is 0 Å². The fourth-order valence-electron chi connectivity index (χ4n) is 2.10. The van der Waals surface area contributed by atoms with Crippen molar-refractivity contribution in [3.63, 3.8) is 0 Å². The molecular weight excluding hydrogens is 219 g/mol. The fraction of sp³-hybridized carbons (Fsp3) is 0.462. The molecule has 1 unspecified atom stereocenters. The molecule has 1 aliphatic rings. The molecule has 0 N–H and O–H groups in total. The zero-order valence-corrected chi connectivity index (χ0v) is 10.2. The van der Waals surface area contributed by atoms with Gasteiger partial charge in [-0.15, -0.1) is 0 Å². The van der Waals surface area contributed by atoms with E-state index in [2.05, 4.69) is 9.80 Å². The van der Waals surface area contributed by atoms with Crippen LogP contribution in [0, 0.1) is 5.82 Å². The summed E-state index contributed by atoms with van der Waals surface area (Å²) in [5.41, 5.74) is 0.582. The number of rotatable bonds is 2. The predicted octanol–water partition coefficient (Wildman–Crippen LogP) is 1.25. The maximum Gasteiger partial charge on any atom is 0.181 e. The average Bonchev–Trinajstić information content (AvgIpc) is 2.32. The van der Waals surface area contributed by atoms with Crippen LogP contribution >= 0.6 is 0 Å². The van der Waals surface area contributed by atoms with Gasteiger partial charge in [0.1, 0.15) is 5.82 Å². The van der Waals surface area contributed by atoms with Crippen molar-refractivity contribution in [2.45, 2.75) is 6.04 Å². The first-order valence-electron chi connectivity index (χ1n) is 5.76. The fourth-order valence-corrected chi connectivity index (χ4v) is 2.10. The van der Waals surface area contributed by atoms with Crippen molar-refractivity contribution in [1.29, 1.82) is 0 Å². The summed E-state index contributed by atoms with van der Waals surface area (Å²) in [5.74, 6) is -0.241. The van der Waals surface area contributed by atoms with Crippen LogP contribution in [0.1, 0.15) is 10.4 Å². The standard InChI is InChI=1S/C13H17FN2O/c1-15-7-8-16(2)12(9-15)13(17)10-3-5-11(14)6-4-10/h3-6,12H,7-9H2,1-2H3. The van der Waals surface area contributed by atoms with Gasteiger partial charge in [-0.2, -0.15) is 0 Å². The molecule has 0 saturated carbocycles. The highest BCUT2D eigenvalue weighted by atomic mass is 19.1. The number of ketones is 1. The molecule has 17 heavy (non-hydrogen) atoms. The molecule has 1 saturated heterocycles. The Bertz CT molecular complexity index is 404. The van der Waals surface area contributed by atoms with Gasteiger partial charge in [-0.05, 0) is 38.4 Å². The summed E-state index contributed by atoms with van der Waals surface area (Å²) in [4.78, 5) is 16.5. The number of nitrogens with zero attached hydrogens (tertiary/aromatic N) is 2. The van der Waals surface area contributed by atoms with Crippen LogP contribution in [0.2, 0.25) is 0 Å². The molecule has 1 aliphatic heterocycles. The van der Waals surface area contributed by atoms with E-state index in [1.807, 2.05) is 14.1 Å². The van der Waals surface area contributed by atoms with Crippen molar-refractivity contribution >= 4 is 5.78 Å². The Morgan fingerprint density at radius 3 is 2.53 bits per heavy atom. The van der Waals surface area contributed by atoms with Crippen LogP contribution < -0.4 is 0 Å². The molecular formula is C13H17FN2O. The van der Waals surface area contributed by atoms with Gasteiger partial charge >= 0.3 is 0 Å². The molecule has 0 aromatic heterocycles. The SMILES string of the molecule is CN1CCN(C)C(C(=O)c2ccc(F)cc2)C1. The minimum absolute atomic E-state index is 0.0686. The maximum absolute atomic E-state index is 12.8. The number of halogens is 1. The Hall–Kier alpha value is -1.26. The normalized spacial score (nSPS) is 22.6. The second kappa shape index (κ2) is 4.94. The Morgan fingerprint density at radius 2 is 1.88 bits per heavy atom. The number of carbonyl (C=O) groups excluding carboxylic acids is 1. The molecule has 0 amide bonds. The monoisotopic (exact) mass is 236 g/mol. The molecule has 2 rings (SSSR count). The van der Waals surface area contributed by atoms with Crippen molar-refractivity contribution in [2.75, 3.05) is 33.7 Å². The van der Waals surface area contributed by atoms with Crippen molar-refractivity contribution in [3.05, 3.63) is 35.6 Å². The smallest absolute Gasteiger partial charge is 0.181 e. The van der Waals surface area contributed by atoms with E-state index in [1.165, 1.54) is 12.1 Å². The summed E-state index contributed by atoms with van der Waals surface area (Å²) in [7, 11) is 3.97. The van der Waals surface area contributed by atoms with Crippen molar-refractivity contribution in [1.82, 2.24) is 9.80 Å². The predicted molar refractivity (Wildman–Crippen MR) is 64.6 cm³/mol. The third-order valence-electron chi connectivity index (χ3n) is 3.28. The molecule has 0 aliphatic carbocycles. The van der Waals surface area contributed by atoms with Gasteiger partial charge in [-0.3, -0.25) is 9.69 Å². The van der Waals surface area contributed by atoms with E-state index in [-0.39, 0.29) is 17.6 Å². The van der Waals surface area contributed by atoms with Gasteiger partial charge in [0.25, 0.3) is 0 Å². The van der Waals surface area contributed by atoms with Gasteiger partial charge in [-0.1, -0.05) is 0 Å². The zero-order chi connectivity index (χ0) is 12.4. The first kappa shape index (κ1) is 12.2. The Labute approximate surface area is 101 Å². The van der Waals surface area contributed by atoms with E-state index < -0.39 is 0 Å². The summed E-state index contributed by atoms with van der Waals surface area (Å²) >= 11 is 0. The Kier molecular flexibility index (Phi) is 3.54. The maximum atomic E-state index is 12.8. The first-order valence-corrected chi connectivity index (χ1v) is 5.76. The number of piperazine rings is 1. The minimum atomic E-state index is -0.310. The van der Waals surface area contributed by atoms with Gasteiger partial charge in [0, 0.05) is 25.2 Å². The quantitative estimate of drug-likeness (QED) is 0.722. The molecule has 0 radical (unpaired) electrons. The van der Waals surface area contributed by atoms with Gasteiger partial charge in [0.15, 0.2) is 5.78 Å². The second-order valence-electron chi connectivity index (χ2n) is 4.63. The van der Waals surface area contributed by atoms with Gasteiger partial charge < -0.3 is 4.90 Å². The first-order chi connectivity index (χ1) is 8.08. The number of carbonyl (C=O) groups is 1. The topological polar surface area (TPSA) is 23.6 Å². The Balaban J connectivity index is 2.15. The van der Waals surface area contributed by atoms with Gasteiger partial charge in [0.2, 0.25) is 0 Å². The van der Waals surface area contributed by atoms with E-state index in [9.17, 15) is 9.18 Å². The van der Waals surface area contributed by atoms with E-state index in [0.717, 1.165) is 19.6 Å². The lowest BCUT2D eigenvalue weighted by Crippen LogP contribution is -2.53. The lowest BCUT2D eigenvalue weighted by molar-refractivity contribution is 0.0686. The second-order valence-corrected chi connectivity index (χ2v) is 4.63. The van der Waals surface area contributed by atoms with Crippen LogP contribution in [0.15, 0.2) is 24.3 Å². The summed E-state index contributed by atoms with van der Waals surface area (Å²) in [6.45, 7) is 2.59. The van der Waals surface area contributed by atoms with Crippen LogP contribution in [-0.4, -0.2) is 55.4 Å². The summed E-state index contributed by atoms with van der Waals surface area (Å²) in [6.07, 6.45) is 0. The third kappa shape index (κ3) is 2.70. The molecule has 1 aromatic rings. The van der Waals surface area contributed by atoms with Crippen LogP contribution in [0.3, 0.4) is 0 Å². The number of hydrogen-bond acceptors (Lipinski definition) is 3. The highest BCUT2D eigenvalue weighted by Crippen LogP contribution is 2.13. The van der Waals surface area contributed by atoms with E-state index in [0.29, 0.717) is 5.56 Å². The van der Waals surface area contributed by atoms with Crippen molar-refractivity contribution in [3.8, 4) is 0 Å². The van der Waals surface area contributed by atoms with E-state index in [4.69, 9.17) is 0 Å². The molecule has 1 fully saturated rings. The van der Waals surface area contributed by atoms with E-state index in [1.54, 1.807) is 12.1 Å². The zero-order valence-electron chi connectivity index (χ0n) is 10.2. The molecule has 0 bridgehead atoms. The van der Waals surface area contributed by atoms with Gasteiger partial charge in [-0.25, -0.2) is 4.39 Å². The molecule has 1 aromatic carbocycles. The third-order valence-corrected chi connectivity index (χ3v) is 3.28. The number of benzene rings is 1. The van der Waals surface area contributed by atoms with Crippen LogP contribution in [-0.2, 0) is 0 Å². The highest BCUT2D eigenvalue weighted by Gasteiger charge is 2.28. The van der Waals surface area contributed by atoms with E-state index >= 15 is 0 Å². The lowest BCUT2D eigenvalue weighted by atomic mass is 10.0. The summed E-state index contributed by atoms with van der Waals surface area (Å²) in [5, 5.41) is 0. The summed E-state index contributed by atoms with van der Waals surface area (Å²) < 4.78 is 12.8. The number of hydrogen-bond donors (Lipinski definition) is 0. The van der Waals surface area contributed by atoms with Crippen molar-refractivity contribution < 1.29 is 9.18 Å². The van der Waals surface area contributed by atoms with Crippen molar-refractivity contribution in [2.24, 2.45) is 0 Å². The molecule has 3 nitrogen and oxygen atoms in total. The minimum Gasteiger partial charge on any atom is -0.303 e. The van der Waals surface area contributed by atoms with Gasteiger partial charge in [0.05, 0.1) is 6.04 Å².